The van der Waals surface area contributed by atoms with Gasteiger partial charge in [0.05, 0.1) is 12.5 Å². The Morgan fingerprint density at radius 2 is 2.12 bits per heavy atom. The second kappa shape index (κ2) is 7.00. The quantitative estimate of drug-likeness (QED) is 0.892. The van der Waals surface area contributed by atoms with Gasteiger partial charge in [0.15, 0.2) is 0 Å². The fraction of sp³-hybridized carbons (Fsp3) is 0.294. The summed E-state index contributed by atoms with van der Waals surface area (Å²) >= 11 is 1.70. The summed E-state index contributed by atoms with van der Waals surface area (Å²) in [5, 5.41) is 4.50. The van der Waals surface area contributed by atoms with E-state index in [-0.39, 0.29) is 17.9 Å². The molecule has 0 spiro atoms. The lowest BCUT2D eigenvalue weighted by Gasteiger charge is -2.29. The van der Waals surface area contributed by atoms with Crippen molar-refractivity contribution in [1.29, 1.82) is 0 Å². The molecular weight excluding hydrogens is 329 g/mol. The van der Waals surface area contributed by atoms with Crippen LogP contribution >= 0.6 is 11.3 Å². The number of amides is 3. The molecule has 2 heterocycles. The van der Waals surface area contributed by atoms with Crippen LogP contribution in [0.2, 0.25) is 0 Å². The summed E-state index contributed by atoms with van der Waals surface area (Å²) in [5.41, 5.74) is 6.61. The average molecular weight is 347 g/mol. The molecule has 0 saturated carbocycles. The van der Waals surface area contributed by atoms with Gasteiger partial charge in [-0.1, -0.05) is 18.2 Å². The summed E-state index contributed by atoms with van der Waals surface area (Å²) in [6.07, 6.45) is 0.801. The monoisotopic (exact) mass is 347 g/mol. The Balaban J connectivity index is 1.74. The molecule has 0 fully saturated rings. The summed E-state index contributed by atoms with van der Waals surface area (Å²) in [6, 6.07) is 6.54. The van der Waals surface area contributed by atoms with Gasteiger partial charge in [0, 0.05) is 23.5 Å². The molecule has 0 aliphatic carbocycles. The van der Waals surface area contributed by atoms with Gasteiger partial charge in [-0.15, -0.1) is 11.3 Å². The predicted octanol–water partition coefficient (Wildman–Crippen LogP) is 2.57. The van der Waals surface area contributed by atoms with Gasteiger partial charge in [-0.2, -0.15) is 0 Å². The number of hydrogen-bond acceptors (Lipinski definition) is 3. The first kappa shape index (κ1) is 16.4. The molecule has 126 valence electrons. The van der Waals surface area contributed by atoms with Gasteiger partial charge in [0.2, 0.25) is 5.91 Å². The lowest BCUT2D eigenvalue weighted by molar-refractivity contribution is -0.132. The van der Waals surface area contributed by atoms with Crippen molar-refractivity contribution in [3.63, 3.8) is 0 Å². The van der Waals surface area contributed by atoms with Crippen molar-refractivity contribution in [2.45, 2.75) is 25.4 Å². The van der Waals surface area contributed by atoms with Crippen LogP contribution in [0.25, 0.3) is 0 Å². The van der Waals surface area contributed by atoms with Crippen LogP contribution in [0.3, 0.4) is 0 Å². The topological polar surface area (TPSA) is 75.4 Å². The van der Waals surface area contributed by atoms with E-state index < -0.39 is 17.9 Å². The Bertz CT molecular complexity index is 762. The highest BCUT2D eigenvalue weighted by Gasteiger charge is 2.26. The lowest BCUT2D eigenvalue weighted by atomic mass is 10.0. The largest absolute Gasteiger partial charge is 0.352 e. The molecule has 3 rings (SSSR count). The van der Waals surface area contributed by atoms with Crippen molar-refractivity contribution in [2.24, 2.45) is 5.73 Å². The Kier molecular flexibility index (Phi) is 4.80. The number of urea groups is 1. The van der Waals surface area contributed by atoms with Crippen LogP contribution in [0.4, 0.5) is 9.18 Å². The average Bonchev–Trinajstić information content (AvgIpc) is 3.01. The van der Waals surface area contributed by atoms with E-state index >= 15 is 0 Å². The number of fused-ring (bicyclic) bond motifs is 1. The van der Waals surface area contributed by atoms with Crippen LogP contribution in [0.1, 0.15) is 28.5 Å². The first-order valence-corrected chi connectivity index (χ1v) is 8.56. The minimum absolute atomic E-state index is 0.0245. The van der Waals surface area contributed by atoms with Crippen molar-refractivity contribution < 1.29 is 14.0 Å². The maximum absolute atomic E-state index is 14.0. The van der Waals surface area contributed by atoms with Crippen molar-refractivity contribution in [1.82, 2.24) is 10.2 Å². The molecular formula is C17H18FN3O2S. The molecule has 3 N–H and O–H groups in total. The fourth-order valence-electron chi connectivity index (χ4n) is 2.93. The van der Waals surface area contributed by atoms with Crippen molar-refractivity contribution >= 4 is 23.3 Å². The van der Waals surface area contributed by atoms with E-state index in [4.69, 9.17) is 5.73 Å². The van der Waals surface area contributed by atoms with Gasteiger partial charge >= 0.3 is 6.03 Å². The minimum Gasteiger partial charge on any atom is -0.352 e. The Labute approximate surface area is 143 Å². The van der Waals surface area contributed by atoms with E-state index in [1.165, 1.54) is 10.9 Å². The molecule has 0 radical (unpaired) electrons. The van der Waals surface area contributed by atoms with E-state index in [1.54, 1.807) is 34.4 Å². The normalized spacial score (nSPS) is 14.8. The van der Waals surface area contributed by atoms with Crippen LogP contribution in [-0.4, -0.2) is 23.4 Å². The van der Waals surface area contributed by atoms with Crippen LogP contribution in [0.5, 0.6) is 0 Å². The number of thiophene rings is 1. The Morgan fingerprint density at radius 1 is 1.33 bits per heavy atom. The fourth-order valence-corrected chi connectivity index (χ4v) is 3.82. The summed E-state index contributed by atoms with van der Waals surface area (Å²) in [6.45, 7) is 1.19. The van der Waals surface area contributed by atoms with Gasteiger partial charge in [-0.25, -0.2) is 9.18 Å². The molecule has 1 aromatic carbocycles. The molecule has 1 aliphatic heterocycles. The molecule has 1 aliphatic rings. The number of halogens is 1. The molecule has 7 heteroatoms. The van der Waals surface area contributed by atoms with Crippen LogP contribution in [0.15, 0.2) is 35.7 Å². The minimum atomic E-state index is -0.783. The smallest absolute Gasteiger partial charge is 0.312 e. The second-order valence-electron chi connectivity index (χ2n) is 5.72. The van der Waals surface area contributed by atoms with Gasteiger partial charge in [-0.05, 0) is 29.5 Å². The highest BCUT2D eigenvalue weighted by molar-refractivity contribution is 7.10. The van der Waals surface area contributed by atoms with Gasteiger partial charge in [0.25, 0.3) is 0 Å². The third-order valence-electron chi connectivity index (χ3n) is 4.14. The van der Waals surface area contributed by atoms with Gasteiger partial charge < -0.3 is 16.0 Å². The number of rotatable bonds is 4. The van der Waals surface area contributed by atoms with E-state index in [0.29, 0.717) is 13.1 Å². The highest BCUT2D eigenvalue weighted by atomic mass is 32.1. The summed E-state index contributed by atoms with van der Waals surface area (Å²) in [7, 11) is 0. The first-order valence-electron chi connectivity index (χ1n) is 7.68. The van der Waals surface area contributed by atoms with Gasteiger partial charge in [0.1, 0.15) is 5.82 Å². The first-order chi connectivity index (χ1) is 11.5. The van der Waals surface area contributed by atoms with Crippen LogP contribution < -0.4 is 11.1 Å². The number of nitrogens with one attached hydrogen (secondary N) is 1. The third kappa shape index (κ3) is 3.56. The standard InChI is InChI=1S/C17H18FN3O2S/c18-13-4-2-1-3-12(13)14(20-17(19)23)9-16(22)21-7-5-15-11(10-21)6-8-24-15/h1-4,6,8,14H,5,7,9-10H2,(H3,19,20,23)/t14-/m1/s1. The molecule has 1 atom stereocenters. The molecule has 24 heavy (non-hydrogen) atoms. The van der Waals surface area contributed by atoms with Crippen molar-refractivity contribution in [3.8, 4) is 0 Å². The second-order valence-corrected chi connectivity index (χ2v) is 6.72. The maximum atomic E-state index is 14.0. The zero-order chi connectivity index (χ0) is 17.1. The molecule has 1 aromatic heterocycles. The Morgan fingerprint density at radius 3 is 2.88 bits per heavy atom. The predicted molar refractivity (Wildman–Crippen MR) is 89.9 cm³/mol. The zero-order valence-electron chi connectivity index (χ0n) is 13.0. The summed E-state index contributed by atoms with van der Waals surface area (Å²) < 4.78 is 14.0. The number of benzene rings is 1. The van der Waals surface area contributed by atoms with E-state index in [0.717, 1.165) is 12.0 Å². The van der Waals surface area contributed by atoms with E-state index in [2.05, 4.69) is 5.32 Å². The van der Waals surface area contributed by atoms with Crippen molar-refractivity contribution in [3.05, 3.63) is 57.5 Å². The molecule has 0 saturated heterocycles. The van der Waals surface area contributed by atoms with E-state index in [1.807, 2.05) is 11.4 Å². The van der Waals surface area contributed by atoms with E-state index in [9.17, 15) is 14.0 Å². The van der Waals surface area contributed by atoms with Crippen molar-refractivity contribution in [2.75, 3.05) is 6.54 Å². The number of primary amides is 1. The van der Waals surface area contributed by atoms with Crippen LogP contribution in [0, 0.1) is 5.82 Å². The number of carbonyl (C=O) groups excluding carboxylic acids is 2. The summed E-state index contributed by atoms with van der Waals surface area (Å²) in [5.74, 6) is -0.600. The molecule has 3 amide bonds. The zero-order valence-corrected chi connectivity index (χ0v) is 13.8. The lowest BCUT2D eigenvalue weighted by Crippen LogP contribution is -2.40. The molecule has 0 unspecified atom stereocenters. The molecule has 2 aromatic rings. The number of carbonyl (C=O) groups is 2. The highest BCUT2D eigenvalue weighted by Crippen LogP contribution is 2.26. The SMILES string of the molecule is NC(=O)N[C@H](CC(=O)N1CCc2sccc2C1)c1ccccc1F. The molecule has 0 bridgehead atoms. The van der Waals surface area contributed by atoms with Gasteiger partial charge in [-0.3, -0.25) is 4.79 Å². The number of nitrogens with two attached hydrogens (primary N) is 1. The Hall–Kier alpha value is -2.41. The van der Waals surface area contributed by atoms with Crippen LogP contribution in [-0.2, 0) is 17.8 Å². The number of nitrogens with zero attached hydrogens (tertiary/aromatic N) is 1. The molecule has 5 nitrogen and oxygen atoms in total. The maximum Gasteiger partial charge on any atom is 0.312 e. The third-order valence-corrected chi connectivity index (χ3v) is 5.16. The number of hydrogen-bond donors (Lipinski definition) is 2. The summed E-state index contributed by atoms with van der Waals surface area (Å²) in [4.78, 5) is 26.9.